The van der Waals surface area contributed by atoms with Crippen LogP contribution in [0.2, 0.25) is 0 Å². The average molecular weight is 312 g/mol. The molecule has 132 valence electrons. The Labute approximate surface area is 140 Å². The zero-order valence-electron chi connectivity index (χ0n) is 15.6. The van der Waals surface area contributed by atoms with Gasteiger partial charge >= 0.3 is 0 Å². The summed E-state index contributed by atoms with van der Waals surface area (Å²) in [7, 11) is 0. The highest BCUT2D eigenvalue weighted by atomic mass is 16.5. The van der Waals surface area contributed by atoms with Gasteiger partial charge in [-0.25, -0.2) is 0 Å². The van der Waals surface area contributed by atoms with Crippen molar-refractivity contribution >= 4 is 0 Å². The minimum Gasteiger partial charge on any atom is -0.373 e. The van der Waals surface area contributed by atoms with E-state index in [2.05, 4.69) is 25.7 Å². The van der Waals surface area contributed by atoms with Gasteiger partial charge in [0, 0.05) is 13.1 Å². The Hall–Kier alpha value is -0.0800. The van der Waals surface area contributed by atoms with E-state index < -0.39 is 0 Å². The molecule has 0 spiro atoms. The maximum atomic E-state index is 5.93. The highest BCUT2D eigenvalue weighted by Crippen LogP contribution is 2.15. The van der Waals surface area contributed by atoms with Crippen LogP contribution in [0.1, 0.15) is 97.8 Å². The summed E-state index contributed by atoms with van der Waals surface area (Å²) in [6.07, 6.45) is 17.8. The van der Waals surface area contributed by atoms with Crippen LogP contribution in [-0.4, -0.2) is 36.7 Å². The molecule has 0 amide bonds. The molecule has 1 aliphatic heterocycles. The number of rotatable bonds is 13. The summed E-state index contributed by atoms with van der Waals surface area (Å²) < 4.78 is 5.93. The van der Waals surface area contributed by atoms with E-state index in [1.807, 2.05) is 0 Å². The minimum absolute atomic E-state index is 0.423. The Kier molecular flexibility index (Phi) is 12.1. The van der Waals surface area contributed by atoms with Crippen molar-refractivity contribution in [3.63, 3.8) is 0 Å². The molecule has 2 unspecified atom stereocenters. The van der Waals surface area contributed by atoms with E-state index >= 15 is 0 Å². The van der Waals surface area contributed by atoms with Crippen LogP contribution in [0, 0.1) is 0 Å². The molecular weight excluding hydrogens is 270 g/mol. The summed E-state index contributed by atoms with van der Waals surface area (Å²) in [5.41, 5.74) is 0. The van der Waals surface area contributed by atoms with Crippen molar-refractivity contribution in [2.24, 2.45) is 0 Å². The van der Waals surface area contributed by atoms with Crippen molar-refractivity contribution in [1.29, 1.82) is 0 Å². The molecule has 1 saturated heterocycles. The van der Waals surface area contributed by atoms with Gasteiger partial charge in [-0.05, 0) is 26.3 Å². The van der Waals surface area contributed by atoms with Crippen molar-refractivity contribution in [1.82, 2.24) is 4.90 Å². The molecular formula is C20H41NO. The molecule has 1 heterocycles. The Morgan fingerprint density at radius 2 is 1.32 bits per heavy atom. The van der Waals surface area contributed by atoms with Gasteiger partial charge in [-0.3, -0.25) is 4.90 Å². The van der Waals surface area contributed by atoms with Crippen LogP contribution in [0.4, 0.5) is 0 Å². The Bertz CT molecular complexity index is 244. The van der Waals surface area contributed by atoms with Gasteiger partial charge in [0.05, 0.1) is 12.2 Å². The highest BCUT2D eigenvalue weighted by molar-refractivity contribution is 4.74. The second-order valence-electron chi connectivity index (χ2n) is 7.27. The van der Waals surface area contributed by atoms with Gasteiger partial charge < -0.3 is 4.74 Å². The van der Waals surface area contributed by atoms with E-state index in [0.29, 0.717) is 12.2 Å². The average Bonchev–Trinajstić information content (AvgIpc) is 2.52. The number of morpholine rings is 1. The standard InChI is InChI=1S/C20H41NO/c1-4-6-7-8-9-10-11-12-13-14-15-16-21-17-19(3)22-20(5-2)18-21/h19-20H,4-18H2,1-3H3. The van der Waals surface area contributed by atoms with Crippen LogP contribution in [0.5, 0.6) is 0 Å². The third-order valence-corrected chi connectivity index (χ3v) is 4.94. The fourth-order valence-electron chi connectivity index (χ4n) is 3.55. The van der Waals surface area contributed by atoms with Crippen LogP contribution in [0.3, 0.4) is 0 Å². The normalized spacial score (nSPS) is 23.0. The topological polar surface area (TPSA) is 12.5 Å². The van der Waals surface area contributed by atoms with E-state index in [1.165, 1.54) is 77.2 Å². The third-order valence-electron chi connectivity index (χ3n) is 4.94. The summed E-state index contributed by atoms with van der Waals surface area (Å²) in [6, 6.07) is 0. The molecule has 0 N–H and O–H groups in total. The van der Waals surface area contributed by atoms with Gasteiger partial charge in [-0.2, -0.15) is 0 Å². The molecule has 0 radical (unpaired) electrons. The Morgan fingerprint density at radius 3 is 1.86 bits per heavy atom. The molecule has 0 saturated carbocycles. The Morgan fingerprint density at radius 1 is 0.773 bits per heavy atom. The number of hydrogen-bond donors (Lipinski definition) is 0. The third kappa shape index (κ3) is 9.84. The fourth-order valence-corrected chi connectivity index (χ4v) is 3.55. The van der Waals surface area contributed by atoms with Crippen molar-refractivity contribution in [2.45, 2.75) is 110 Å². The van der Waals surface area contributed by atoms with E-state index in [-0.39, 0.29) is 0 Å². The number of ether oxygens (including phenoxy) is 1. The highest BCUT2D eigenvalue weighted by Gasteiger charge is 2.23. The van der Waals surface area contributed by atoms with Crippen molar-refractivity contribution in [3.8, 4) is 0 Å². The molecule has 1 fully saturated rings. The molecule has 0 bridgehead atoms. The SMILES string of the molecule is CCCCCCCCCCCCCN1CC(C)OC(CC)C1. The molecule has 2 atom stereocenters. The summed E-state index contributed by atoms with van der Waals surface area (Å²) in [5.74, 6) is 0. The van der Waals surface area contributed by atoms with Gasteiger partial charge in [0.2, 0.25) is 0 Å². The van der Waals surface area contributed by atoms with Crippen LogP contribution >= 0.6 is 0 Å². The molecule has 1 rings (SSSR count). The summed E-state index contributed by atoms with van der Waals surface area (Å²) in [5, 5.41) is 0. The largest absolute Gasteiger partial charge is 0.373 e. The minimum atomic E-state index is 0.423. The summed E-state index contributed by atoms with van der Waals surface area (Å²) in [6.45, 7) is 10.3. The number of nitrogens with zero attached hydrogens (tertiary/aromatic N) is 1. The molecule has 0 aromatic carbocycles. The van der Waals surface area contributed by atoms with Crippen molar-refractivity contribution in [3.05, 3.63) is 0 Å². The lowest BCUT2D eigenvalue weighted by molar-refractivity contribution is -0.0778. The molecule has 22 heavy (non-hydrogen) atoms. The van der Waals surface area contributed by atoms with Gasteiger partial charge in [0.15, 0.2) is 0 Å². The first-order valence-electron chi connectivity index (χ1n) is 10.1. The first-order chi connectivity index (χ1) is 10.8. The van der Waals surface area contributed by atoms with Gasteiger partial charge in [0.1, 0.15) is 0 Å². The molecule has 0 aromatic heterocycles. The molecule has 1 aliphatic rings. The van der Waals surface area contributed by atoms with Crippen LogP contribution < -0.4 is 0 Å². The molecule has 2 nitrogen and oxygen atoms in total. The lowest BCUT2D eigenvalue weighted by atomic mass is 10.1. The van der Waals surface area contributed by atoms with Gasteiger partial charge in [-0.1, -0.05) is 78.1 Å². The lowest BCUT2D eigenvalue weighted by Gasteiger charge is -2.36. The fraction of sp³-hybridized carbons (Fsp3) is 1.00. The Balaban J connectivity index is 1.87. The van der Waals surface area contributed by atoms with Crippen molar-refractivity contribution in [2.75, 3.05) is 19.6 Å². The van der Waals surface area contributed by atoms with E-state index in [9.17, 15) is 0 Å². The van der Waals surface area contributed by atoms with Crippen molar-refractivity contribution < 1.29 is 4.74 Å². The first kappa shape index (κ1) is 20.0. The lowest BCUT2D eigenvalue weighted by Crippen LogP contribution is -2.46. The zero-order valence-corrected chi connectivity index (χ0v) is 15.6. The number of hydrogen-bond acceptors (Lipinski definition) is 2. The van der Waals surface area contributed by atoms with E-state index in [1.54, 1.807) is 0 Å². The van der Waals surface area contributed by atoms with Gasteiger partial charge in [0.25, 0.3) is 0 Å². The zero-order chi connectivity index (χ0) is 16.0. The smallest absolute Gasteiger partial charge is 0.0703 e. The molecule has 0 aromatic rings. The van der Waals surface area contributed by atoms with Crippen LogP contribution in [0.15, 0.2) is 0 Å². The second-order valence-corrected chi connectivity index (χ2v) is 7.27. The second kappa shape index (κ2) is 13.4. The predicted octanol–water partition coefficient (Wildman–Crippen LogP) is 5.80. The van der Waals surface area contributed by atoms with E-state index in [4.69, 9.17) is 4.74 Å². The number of unbranched alkanes of at least 4 members (excludes halogenated alkanes) is 10. The van der Waals surface area contributed by atoms with Crippen LogP contribution in [0.25, 0.3) is 0 Å². The quantitative estimate of drug-likeness (QED) is 0.399. The molecule has 0 aliphatic carbocycles. The summed E-state index contributed by atoms with van der Waals surface area (Å²) >= 11 is 0. The van der Waals surface area contributed by atoms with Crippen LogP contribution in [-0.2, 0) is 4.74 Å². The summed E-state index contributed by atoms with van der Waals surface area (Å²) in [4.78, 5) is 2.62. The molecule has 2 heteroatoms. The predicted molar refractivity (Wildman–Crippen MR) is 97.5 cm³/mol. The maximum Gasteiger partial charge on any atom is 0.0703 e. The maximum absolute atomic E-state index is 5.93. The van der Waals surface area contributed by atoms with E-state index in [0.717, 1.165) is 19.5 Å². The monoisotopic (exact) mass is 311 g/mol. The first-order valence-corrected chi connectivity index (χ1v) is 10.1. The van der Waals surface area contributed by atoms with Gasteiger partial charge in [-0.15, -0.1) is 0 Å².